The number of aromatic nitrogens is 1. The van der Waals surface area contributed by atoms with Gasteiger partial charge < -0.3 is 30.5 Å². The van der Waals surface area contributed by atoms with Gasteiger partial charge in [-0.3, -0.25) is 9.59 Å². The number of aromatic amines is 1. The SMILES string of the molecule is COc1cccc2[nH]c(C(=O)NC(CC(C)C)C(=O)NC(C=O)CC3=CC=CNC3)cc12. The Bertz CT molecular complexity index is 1040. The fourth-order valence-corrected chi connectivity index (χ4v) is 3.71. The van der Waals surface area contributed by atoms with Gasteiger partial charge in [-0.15, -0.1) is 0 Å². The van der Waals surface area contributed by atoms with Crippen molar-refractivity contribution in [2.24, 2.45) is 5.92 Å². The Morgan fingerprint density at radius 3 is 2.72 bits per heavy atom. The summed E-state index contributed by atoms with van der Waals surface area (Å²) in [5.74, 6) is 0.0529. The molecule has 2 aromatic rings. The number of hydrogen-bond donors (Lipinski definition) is 4. The van der Waals surface area contributed by atoms with Gasteiger partial charge in [0.05, 0.1) is 13.2 Å². The van der Waals surface area contributed by atoms with E-state index in [0.29, 0.717) is 30.8 Å². The minimum atomic E-state index is -0.767. The predicted molar refractivity (Wildman–Crippen MR) is 123 cm³/mol. The molecule has 32 heavy (non-hydrogen) atoms. The molecule has 2 unspecified atom stereocenters. The number of benzene rings is 1. The zero-order chi connectivity index (χ0) is 23.1. The van der Waals surface area contributed by atoms with E-state index in [1.165, 1.54) is 0 Å². The number of carbonyl (C=O) groups excluding carboxylic acids is 3. The molecular weight excluding hydrogens is 408 g/mol. The fraction of sp³-hybridized carbons (Fsp3) is 0.375. The normalized spacial score (nSPS) is 14.9. The van der Waals surface area contributed by atoms with Crippen LogP contribution in [0.3, 0.4) is 0 Å². The van der Waals surface area contributed by atoms with Gasteiger partial charge in [-0.2, -0.15) is 0 Å². The van der Waals surface area contributed by atoms with Crippen LogP contribution in [0.4, 0.5) is 0 Å². The Hall–Kier alpha value is -3.55. The molecule has 0 bridgehead atoms. The van der Waals surface area contributed by atoms with Crippen LogP contribution in [-0.2, 0) is 9.59 Å². The molecule has 2 atom stereocenters. The number of H-pyrrole nitrogens is 1. The largest absolute Gasteiger partial charge is 0.496 e. The third-order valence-electron chi connectivity index (χ3n) is 5.27. The van der Waals surface area contributed by atoms with Crippen LogP contribution in [0.2, 0.25) is 0 Å². The van der Waals surface area contributed by atoms with Gasteiger partial charge in [0.2, 0.25) is 5.91 Å². The van der Waals surface area contributed by atoms with Crippen molar-refractivity contribution in [3.63, 3.8) is 0 Å². The highest BCUT2D eigenvalue weighted by atomic mass is 16.5. The Labute approximate surface area is 187 Å². The van der Waals surface area contributed by atoms with E-state index in [1.807, 2.05) is 50.4 Å². The van der Waals surface area contributed by atoms with Crippen molar-refractivity contribution in [3.8, 4) is 5.75 Å². The van der Waals surface area contributed by atoms with E-state index in [-0.39, 0.29) is 11.8 Å². The summed E-state index contributed by atoms with van der Waals surface area (Å²) in [5, 5.41) is 9.46. The lowest BCUT2D eigenvalue weighted by molar-refractivity contribution is -0.126. The fourth-order valence-electron chi connectivity index (χ4n) is 3.71. The summed E-state index contributed by atoms with van der Waals surface area (Å²) >= 11 is 0. The summed E-state index contributed by atoms with van der Waals surface area (Å²) in [7, 11) is 1.57. The molecule has 1 aliphatic rings. The standard InChI is InChI=1S/C24H30N4O4/c1-15(2)10-20(23(30)26-17(14-29)11-16-6-5-9-25-13-16)28-24(31)21-12-18-19(27-21)7-4-8-22(18)32-3/h4-9,12,14-15,17,20,25,27H,10-11,13H2,1-3H3,(H,26,30)(H,28,31). The van der Waals surface area contributed by atoms with Crippen LogP contribution in [0.5, 0.6) is 5.75 Å². The molecule has 0 saturated heterocycles. The maximum absolute atomic E-state index is 13.0. The number of methoxy groups -OCH3 is 1. The van der Waals surface area contributed by atoms with E-state index < -0.39 is 18.0 Å². The molecule has 1 aromatic heterocycles. The van der Waals surface area contributed by atoms with Crippen LogP contribution < -0.4 is 20.7 Å². The molecule has 1 aliphatic heterocycles. The molecule has 0 radical (unpaired) electrons. The van der Waals surface area contributed by atoms with Crippen LogP contribution in [0.15, 0.2) is 48.2 Å². The second-order valence-corrected chi connectivity index (χ2v) is 8.28. The average molecular weight is 439 g/mol. The molecule has 8 nitrogen and oxygen atoms in total. The van der Waals surface area contributed by atoms with Crippen molar-refractivity contribution in [2.75, 3.05) is 13.7 Å². The van der Waals surface area contributed by atoms with E-state index in [1.54, 1.807) is 13.2 Å². The number of rotatable bonds is 10. The zero-order valence-corrected chi connectivity index (χ0v) is 18.6. The van der Waals surface area contributed by atoms with E-state index in [4.69, 9.17) is 4.74 Å². The number of carbonyl (C=O) groups is 3. The number of aldehydes is 1. The molecule has 2 amide bonds. The van der Waals surface area contributed by atoms with Gasteiger partial charge in [-0.1, -0.05) is 26.0 Å². The number of nitrogens with one attached hydrogen (secondary N) is 4. The van der Waals surface area contributed by atoms with Crippen molar-refractivity contribution in [1.29, 1.82) is 0 Å². The van der Waals surface area contributed by atoms with Crippen molar-refractivity contribution in [2.45, 2.75) is 38.8 Å². The molecule has 170 valence electrons. The third kappa shape index (κ3) is 5.78. The van der Waals surface area contributed by atoms with E-state index in [9.17, 15) is 14.4 Å². The number of hydrogen-bond acceptors (Lipinski definition) is 5. The van der Waals surface area contributed by atoms with Gasteiger partial charge in [-0.05, 0) is 54.8 Å². The monoisotopic (exact) mass is 438 g/mol. The Balaban J connectivity index is 1.71. The van der Waals surface area contributed by atoms with Crippen LogP contribution in [0.1, 0.15) is 37.2 Å². The molecule has 8 heteroatoms. The Morgan fingerprint density at radius 2 is 2.06 bits per heavy atom. The first-order valence-corrected chi connectivity index (χ1v) is 10.7. The second-order valence-electron chi connectivity index (χ2n) is 8.28. The van der Waals surface area contributed by atoms with Gasteiger partial charge >= 0.3 is 0 Å². The van der Waals surface area contributed by atoms with E-state index in [2.05, 4.69) is 20.9 Å². The topological polar surface area (TPSA) is 112 Å². The van der Waals surface area contributed by atoms with Crippen LogP contribution in [0, 0.1) is 5.92 Å². The Kier molecular flexibility index (Phi) is 7.70. The zero-order valence-electron chi connectivity index (χ0n) is 18.6. The molecule has 0 saturated carbocycles. The molecule has 1 aromatic carbocycles. The number of allylic oxidation sites excluding steroid dienone is 2. The average Bonchev–Trinajstić information content (AvgIpc) is 3.23. The predicted octanol–water partition coefficient (Wildman–Crippen LogP) is 2.44. The maximum atomic E-state index is 13.0. The first kappa shape index (κ1) is 23.1. The first-order valence-electron chi connectivity index (χ1n) is 10.7. The van der Waals surface area contributed by atoms with Gasteiger partial charge in [0, 0.05) is 17.4 Å². The van der Waals surface area contributed by atoms with Gasteiger partial charge in [0.15, 0.2) is 0 Å². The smallest absolute Gasteiger partial charge is 0.268 e. The molecular formula is C24H30N4O4. The molecule has 3 rings (SSSR count). The van der Waals surface area contributed by atoms with Crippen molar-refractivity contribution in [3.05, 3.63) is 53.9 Å². The minimum absolute atomic E-state index is 0.166. The summed E-state index contributed by atoms with van der Waals surface area (Å²) < 4.78 is 5.35. The van der Waals surface area contributed by atoms with Crippen molar-refractivity contribution in [1.82, 2.24) is 20.9 Å². The summed E-state index contributed by atoms with van der Waals surface area (Å²) in [5.41, 5.74) is 2.12. The molecule has 0 fully saturated rings. The third-order valence-corrected chi connectivity index (χ3v) is 5.27. The first-order chi connectivity index (χ1) is 15.4. The number of amides is 2. The van der Waals surface area contributed by atoms with E-state index in [0.717, 1.165) is 22.8 Å². The van der Waals surface area contributed by atoms with Crippen LogP contribution >= 0.6 is 0 Å². The molecule has 0 aliphatic carbocycles. The van der Waals surface area contributed by atoms with Gasteiger partial charge in [0.25, 0.3) is 5.91 Å². The van der Waals surface area contributed by atoms with Gasteiger partial charge in [0.1, 0.15) is 23.8 Å². The lowest BCUT2D eigenvalue weighted by Gasteiger charge is -2.23. The summed E-state index contributed by atoms with van der Waals surface area (Å²) in [6, 6.07) is 5.78. The lowest BCUT2D eigenvalue weighted by Crippen LogP contribution is -2.50. The summed E-state index contributed by atoms with van der Waals surface area (Å²) in [6.07, 6.45) is 7.20. The highest BCUT2D eigenvalue weighted by Crippen LogP contribution is 2.26. The van der Waals surface area contributed by atoms with Gasteiger partial charge in [-0.25, -0.2) is 0 Å². The Morgan fingerprint density at radius 1 is 1.25 bits per heavy atom. The minimum Gasteiger partial charge on any atom is -0.496 e. The van der Waals surface area contributed by atoms with Crippen molar-refractivity contribution < 1.29 is 19.1 Å². The summed E-state index contributed by atoms with van der Waals surface area (Å²) in [6.45, 7) is 4.58. The highest BCUT2D eigenvalue weighted by molar-refractivity contribution is 6.01. The number of dihydropyridines is 1. The van der Waals surface area contributed by atoms with Crippen LogP contribution in [-0.4, -0.2) is 48.8 Å². The van der Waals surface area contributed by atoms with E-state index >= 15 is 0 Å². The molecule has 0 spiro atoms. The van der Waals surface area contributed by atoms with Crippen LogP contribution in [0.25, 0.3) is 10.9 Å². The van der Waals surface area contributed by atoms with Crippen molar-refractivity contribution >= 4 is 29.0 Å². The molecule has 4 N–H and O–H groups in total. The highest BCUT2D eigenvalue weighted by Gasteiger charge is 2.26. The number of ether oxygens (including phenoxy) is 1. The lowest BCUT2D eigenvalue weighted by atomic mass is 10.0. The number of fused-ring (bicyclic) bond motifs is 1. The summed E-state index contributed by atoms with van der Waals surface area (Å²) in [4.78, 5) is 40.5. The maximum Gasteiger partial charge on any atom is 0.268 e. The quantitative estimate of drug-likeness (QED) is 0.426. The second kappa shape index (κ2) is 10.7. The molecule has 2 heterocycles.